The molecule has 28 heavy (non-hydrogen) atoms. The van der Waals surface area contributed by atoms with Crippen LogP contribution in [-0.4, -0.2) is 40.8 Å². The van der Waals surface area contributed by atoms with Crippen molar-refractivity contribution < 1.29 is 14.3 Å². The summed E-state index contributed by atoms with van der Waals surface area (Å²) in [5, 5.41) is 0.694. The van der Waals surface area contributed by atoms with E-state index in [1.165, 1.54) is 0 Å². The van der Waals surface area contributed by atoms with Gasteiger partial charge in [-0.3, -0.25) is 9.59 Å². The van der Waals surface area contributed by atoms with Crippen LogP contribution < -0.4 is 4.74 Å². The number of fused-ring (bicyclic) bond motifs is 1. The second kappa shape index (κ2) is 8.52. The fraction of sp³-hybridized carbons (Fsp3) is 0.318. The number of hydrogen-bond donors (Lipinski definition) is 0. The number of aromatic nitrogens is 1. The summed E-state index contributed by atoms with van der Waals surface area (Å²) in [6, 6.07) is 17.1. The number of para-hydroxylation sites is 1. The molecule has 0 spiro atoms. The molecule has 0 aliphatic carbocycles. The summed E-state index contributed by atoms with van der Waals surface area (Å²) in [5.74, 6) is 0.0609. The average Bonchev–Trinajstić information content (AvgIpc) is 3.15. The fourth-order valence-corrected chi connectivity index (χ4v) is 4.30. The van der Waals surface area contributed by atoms with Crippen LogP contribution in [0.2, 0.25) is 0 Å². The molecule has 6 heteroatoms. The van der Waals surface area contributed by atoms with Crippen LogP contribution in [0.5, 0.6) is 5.19 Å². The maximum Gasteiger partial charge on any atom is 0.274 e. The Hall–Kier alpha value is -2.73. The number of carbonyl (C=O) groups excluding carboxylic acids is 2. The van der Waals surface area contributed by atoms with Crippen LogP contribution in [0.15, 0.2) is 54.6 Å². The smallest absolute Gasteiger partial charge is 0.274 e. The Balaban J connectivity index is 1.24. The summed E-state index contributed by atoms with van der Waals surface area (Å²) in [6.07, 6.45) is 2.17. The zero-order valence-electron chi connectivity index (χ0n) is 15.5. The molecular weight excluding hydrogens is 372 g/mol. The van der Waals surface area contributed by atoms with Gasteiger partial charge in [0.15, 0.2) is 5.78 Å². The lowest BCUT2D eigenvalue weighted by atomic mass is 10.0. The molecule has 1 aromatic heterocycles. The predicted molar refractivity (Wildman–Crippen MR) is 110 cm³/mol. The van der Waals surface area contributed by atoms with Gasteiger partial charge in [0, 0.05) is 44.3 Å². The van der Waals surface area contributed by atoms with Gasteiger partial charge in [-0.05, 0) is 12.1 Å². The van der Waals surface area contributed by atoms with E-state index in [0.29, 0.717) is 23.8 Å². The monoisotopic (exact) mass is 394 g/mol. The largest absolute Gasteiger partial charge is 0.467 e. The van der Waals surface area contributed by atoms with E-state index < -0.39 is 0 Å². The zero-order valence-corrected chi connectivity index (χ0v) is 16.4. The van der Waals surface area contributed by atoms with E-state index in [1.807, 2.05) is 47.4 Å². The molecule has 1 aliphatic rings. The first kappa shape index (κ1) is 18.6. The Morgan fingerprint density at radius 3 is 2.46 bits per heavy atom. The van der Waals surface area contributed by atoms with Crippen LogP contribution in [0, 0.1) is 0 Å². The number of amides is 1. The molecule has 1 saturated heterocycles. The first-order valence-corrected chi connectivity index (χ1v) is 10.4. The highest BCUT2D eigenvalue weighted by molar-refractivity contribution is 7.20. The van der Waals surface area contributed by atoms with E-state index in [9.17, 15) is 9.59 Å². The molecule has 3 aromatic rings. The third-order valence-corrected chi connectivity index (χ3v) is 5.93. The highest BCUT2D eigenvalue weighted by Crippen LogP contribution is 2.29. The molecule has 0 bridgehead atoms. The van der Waals surface area contributed by atoms with Gasteiger partial charge in [-0.2, -0.15) is 0 Å². The molecule has 1 fully saturated rings. The Morgan fingerprint density at radius 1 is 1.00 bits per heavy atom. The molecule has 5 nitrogen and oxygen atoms in total. The number of thiazole rings is 1. The molecule has 0 saturated carbocycles. The number of nitrogens with zero attached hydrogens (tertiary/aromatic N) is 2. The molecule has 0 N–H and O–H groups in total. The van der Waals surface area contributed by atoms with Crippen molar-refractivity contribution >= 4 is 33.2 Å². The summed E-state index contributed by atoms with van der Waals surface area (Å²) in [7, 11) is 0. The predicted octanol–water partition coefficient (Wildman–Crippen LogP) is 4.33. The van der Waals surface area contributed by atoms with Crippen molar-refractivity contribution in [3.63, 3.8) is 0 Å². The van der Waals surface area contributed by atoms with Gasteiger partial charge in [0.25, 0.3) is 5.19 Å². The molecule has 0 radical (unpaired) electrons. The number of ketones is 1. The molecule has 4 rings (SSSR count). The number of hydrogen-bond acceptors (Lipinski definition) is 5. The minimum Gasteiger partial charge on any atom is -0.467 e. The van der Waals surface area contributed by atoms with E-state index >= 15 is 0 Å². The number of piperidine rings is 1. The van der Waals surface area contributed by atoms with E-state index in [1.54, 1.807) is 23.5 Å². The minimum absolute atomic E-state index is 0.0167. The third kappa shape index (κ3) is 4.39. The number of carbonyl (C=O) groups is 2. The zero-order chi connectivity index (χ0) is 19.3. The molecule has 144 valence electrons. The minimum atomic E-state index is 0.0167. The third-order valence-electron chi connectivity index (χ3n) is 5.00. The lowest BCUT2D eigenvalue weighted by Crippen LogP contribution is -2.41. The van der Waals surface area contributed by atoms with Gasteiger partial charge < -0.3 is 9.64 Å². The lowest BCUT2D eigenvalue weighted by molar-refractivity contribution is -0.132. The number of rotatable bonds is 6. The molecule has 0 atom stereocenters. The van der Waals surface area contributed by atoms with Gasteiger partial charge in [-0.15, -0.1) is 0 Å². The van der Waals surface area contributed by atoms with Crippen LogP contribution >= 0.6 is 11.3 Å². The summed E-state index contributed by atoms with van der Waals surface area (Å²) in [4.78, 5) is 31.0. The molecular formula is C22H22N2O3S. The van der Waals surface area contributed by atoms with Crippen LogP contribution in [0.25, 0.3) is 10.2 Å². The molecule has 2 heterocycles. The average molecular weight is 394 g/mol. The van der Waals surface area contributed by atoms with Crippen LogP contribution in [0.3, 0.4) is 0 Å². The van der Waals surface area contributed by atoms with Crippen LogP contribution in [0.4, 0.5) is 0 Å². The van der Waals surface area contributed by atoms with Gasteiger partial charge in [-0.1, -0.05) is 53.8 Å². The lowest BCUT2D eigenvalue weighted by Gasteiger charge is -2.31. The Kier molecular flexibility index (Phi) is 5.67. The van der Waals surface area contributed by atoms with Crippen molar-refractivity contribution in [3.8, 4) is 5.19 Å². The van der Waals surface area contributed by atoms with Gasteiger partial charge in [0.2, 0.25) is 5.91 Å². The summed E-state index contributed by atoms with van der Waals surface area (Å²) < 4.78 is 7.16. The summed E-state index contributed by atoms with van der Waals surface area (Å²) in [6.45, 7) is 1.32. The van der Waals surface area contributed by atoms with Crippen LogP contribution in [0.1, 0.15) is 36.0 Å². The van der Waals surface area contributed by atoms with Crippen molar-refractivity contribution in [2.75, 3.05) is 13.1 Å². The van der Waals surface area contributed by atoms with Crippen molar-refractivity contribution in [2.45, 2.75) is 31.8 Å². The second-order valence-electron chi connectivity index (χ2n) is 6.93. The second-order valence-corrected chi connectivity index (χ2v) is 7.93. The maximum absolute atomic E-state index is 12.4. The van der Waals surface area contributed by atoms with Gasteiger partial charge in [0.05, 0.1) is 10.2 Å². The van der Waals surface area contributed by atoms with E-state index in [4.69, 9.17) is 4.74 Å². The normalized spacial score (nSPS) is 14.9. The fourth-order valence-electron chi connectivity index (χ4n) is 3.41. The number of Topliss-reactive ketones (excluding diaryl/α,β-unsaturated/α-hetero) is 1. The summed E-state index contributed by atoms with van der Waals surface area (Å²) >= 11 is 1.56. The number of likely N-dealkylation sites (tertiary alicyclic amines) is 1. The Bertz CT molecular complexity index is 929. The number of ether oxygens (including phenoxy) is 1. The van der Waals surface area contributed by atoms with Gasteiger partial charge in [-0.25, -0.2) is 4.98 Å². The molecule has 1 amide bonds. The maximum atomic E-state index is 12.4. The number of benzene rings is 2. The Morgan fingerprint density at radius 2 is 1.71 bits per heavy atom. The highest BCUT2D eigenvalue weighted by Gasteiger charge is 2.25. The summed E-state index contributed by atoms with van der Waals surface area (Å²) in [5.41, 5.74) is 1.62. The van der Waals surface area contributed by atoms with Crippen molar-refractivity contribution in [1.29, 1.82) is 0 Å². The first-order chi connectivity index (χ1) is 13.7. The van der Waals surface area contributed by atoms with E-state index in [-0.39, 0.29) is 30.6 Å². The van der Waals surface area contributed by atoms with Gasteiger partial charge in [0.1, 0.15) is 6.10 Å². The SMILES string of the molecule is O=C(CCC(=O)N1CCC(Oc2nc3ccccc3s2)CC1)c1ccccc1. The van der Waals surface area contributed by atoms with Gasteiger partial charge >= 0.3 is 0 Å². The first-order valence-electron chi connectivity index (χ1n) is 9.57. The van der Waals surface area contributed by atoms with E-state index in [2.05, 4.69) is 4.98 Å². The highest BCUT2D eigenvalue weighted by atomic mass is 32.1. The van der Waals surface area contributed by atoms with Crippen molar-refractivity contribution in [3.05, 3.63) is 60.2 Å². The molecule has 2 aromatic carbocycles. The molecule has 0 unspecified atom stereocenters. The standard InChI is InChI=1S/C22H22N2O3S/c25-19(16-6-2-1-3-7-16)10-11-21(26)24-14-12-17(13-15-24)27-22-23-18-8-4-5-9-20(18)28-22/h1-9,17H,10-15H2. The van der Waals surface area contributed by atoms with Crippen LogP contribution in [-0.2, 0) is 4.79 Å². The van der Waals surface area contributed by atoms with Crippen molar-refractivity contribution in [2.24, 2.45) is 0 Å². The topological polar surface area (TPSA) is 59.5 Å². The van der Waals surface area contributed by atoms with E-state index in [0.717, 1.165) is 23.1 Å². The molecule has 1 aliphatic heterocycles. The Labute approximate surface area is 168 Å². The quantitative estimate of drug-likeness (QED) is 0.584. The van der Waals surface area contributed by atoms with Crippen molar-refractivity contribution in [1.82, 2.24) is 9.88 Å².